The van der Waals surface area contributed by atoms with E-state index in [4.69, 9.17) is 4.74 Å². The molecule has 0 saturated carbocycles. The number of rotatable bonds is 2. The van der Waals surface area contributed by atoms with Gasteiger partial charge in [0, 0.05) is 6.07 Å². The summed E-state index contributed by atoms with van der Waals surface area (Å²) in [4.78, 5) is 3.89. The first kappa shape index (κ1) is 8.78. The van der Waals surface area contributed by atoms with Crippen LogP contribution in [0.4, 0.5) is 5.69 Å². The van der Waals surface area contributed by atoms with Crippen molar-refractivity contribution in [3.05, 3.63) is 23.3 Å². The SMILES string of the molecule is C=Nc1cc(OC)c(C)cc1C. The van der Waals surface area contributed by atoms with Crippen molar-refractivity contribution in [1.82, 2.24) is 0 Å². The maximum absolute atomic E-state index is 5.15. The predicted molar refractivity (Wildman–Crippen MR) is 51.7 cm³/mol. The third-order valence-electron chi connectivity index (χ3n) is 1.88. The second-order valence-corrected chi connectivity index (χ2v) is 2.77. The Hall–Kier alpha value is -1.31. The molecule has 0 radical (unpaired) electrons. The van der Waals surface area contributed by atoms with E-state index in [0.717, 1.165) is 22.6 Å². The molecule has 0 atom stereocenters. The molecule has 12 heavy (non-hydrogen) atoms. The third kappa shape index (κ3) is 1.47. The lowest BCUT2D eigenvalue weighted by molar-refractivity contribution is 0.412. The minimum absolute atomic E-state index is 0.864. The number of benzene rings is 1. The van der Waals surface area contributed by atoms with E-state index in [1.165, 1.54) is 0 Å². The van der Waals surface area contributed by atoms with Crippen LogP contribution in [0.3, 0.4) is 0 Å². The number of nitrogens with zero attached hydrogens (tertiary/aromatic N) is 1. The third-order valence-corrected chi connectivity index (χ3v) is 1.88. The molecule has 2 nitrogen and oxygen atoms in total. The fourth-order valence-corrected chi connectivity index (χ4v) is 1.21. The molecule has 0 unspecified atom stereocenters. The van der Waals surface area contributed by atoms with Gasteiger partial charge in [-0.05, 0) is 31.7 Å². The topological polar surface area (TPSA) is 21.6 Å². The van der Waals surface area contributed by atoms with Crippen LogP contribution in [-0.4, -0.2) is 13.8 Å². The zero-order chi connectivity index (χ0) is 9.14. The highest BCUT2D eigenvalue weighted by Crippen LogP contribution is 2.27. The maximum Gasteiger partial charge on any atom is 0.123 e. The van der Waals surface area contributed by atoms with Crippen LogP contribution in [0.25, 0.3) is 0 Å². The van der Waals surface area contributed by atoms with Gasteiger partial charge in [0.1, 0.15) is 5.75 Å². The normalized spacial score (nSPS) is 9.58. The van der Waals surface area contributed by atoms with Crippen LogP contribution >= 0.6 is 0 Å². The largest absolute Gasteiger partial charge is 0.496 e. The number of aryl methyl sites for hydroxylation is 2. The summed E-state index contributed by atoms with van der Waals surface area (Å²) in [6, 6.07) is 3.94. The molecule has 0 fully saturated rings. The van der Waals surface area contributed by atoms with Crippen LogP contribution in [0.15, 0.2) is 17.1 Å². The summed E-state index contributed by atoms with van der Waals surface area (Å²) in [5.41, 5.74) is 3.14. The van der Waals surface area contributed by atoms with E-state index in [9.17, 15) is 0 Å². The predicted octanol–water partition coefficient (Wildman–Crippen LogP) is 2.64. The number of hydrogen-bond acceptors (Lipinski definition) is 2. The molecule has 0 saturated heterocycles. The van der Waals surface area contributed by atoms with Gasteiger partial charge >= 0.3 is 0 Å². The van der Waals surface area contributed by atoms with Crippen LogP contribution in [-0.2, 0) is 0 Å². The Morgan fingerprint density at radius 3 is 2.42 bits per heavy atom. The van der Waals surface area contributed by atoms with Crippen molar-refractivity contribution < 1.29 is 4.74 Å². The summed E-state index contributed by atoms with van der Waals surface area (Å²) in [6.07, 6.45) is 0. The molecule has 0 spiro atoms. The van der Waals surface area contributed by atoms with Crippen LogP contribution in [0.1, 0.15) is 11.1 Å². The average molecular weight is 163 g/mol. The number of ether oxygens (including phenoxy) is 1. The van der Waals surface area contributed by atoms with Crippen LogP contribution < -0.4 is 4.74 Å². The molecule has 0 heterocycles. The highest BCUT2D eigenvalue weighted by molar-refractivity contribution is 5.56. The zero-order valence-corrected chi connectivity index (χ0v) is 7.72. The summed E-state index contributed by atoms with van der Waals surface area (Å²) in [5.74, 6) is 0.864. The summed E-state index contributed by atoms with van der Waals surface area (Å²) in [7, 11) is 1.66. The maximum atomic E-state index is 5.15. The van der Waals surface area contributed by atoms with Gasteiger partial charge in [0.15, 0.2) is 0 Å². The first-order valence-electron chi connectivity index (χ1n) is 3.81. The van der Waals surface area contributed by atoms with Gasteiger partial charge < -0.3 is 4.74 Å². The highest BCUT2D eigenvalue weighted by Gasteiger charge is 2.02. The van der Waals surface area contributed by atoms with Crippen molar-refractivity contribution in [2.45, 2.75) is 13.8 Å². The van der Waals surface area contributed by atoms with E-state index in [-0.39, 0.29) is 0 Å². The molecule has 0 aliphatic rings. The van der Waals surface area contributed by atoms with E-state index in [1.807, 2.05) is 26.0 Å². The first-order chi connectivity index (χ1) is 5.69. The Morgan fingerprint density at radius 1 is 1.25 bits per heavy atom. The Kier molecular flexibility index (Phi) is 2.48. The van der Waals surface area contributed by atoms with Crippen molar-refractivity contribution in [3.63, 3.8) is 0 Å². The minimum Gasteiger partial charge on any atom is -0.496 e. The van der Waals surface area contributed by atoms with Gasteiger partial charge in [0.2, 0.25) is 0 Å². The van der Waals surface area contributed by atoms with Crippen LogP contribution in [0, 0.1) is 13.8 Å². The minimum atomic E-state index is 0.864. The van der Waals surface area contributed by atoms with Crippen LogP contribution in [0.2, 0.25) is 0 Å². The molecule has 1 aromatic carbocycles. The molecule has 0 aliphatic carbocycles. The monoisotopic (exact) mass is 163 g/mol. The van der Waals surface area contributed by atoms with Crippen molar-refractivity contribution in [1.29, 1.82) is 0 Å². The molecule has 0 amide bonds. The molecule has 64 valence electrons. The standard InChI is InChI=1S/C10H13NO/c1-7-5-8(2)10(12-4)6-9(7)11-3/h5-6H,3H2,1-2,4H3. The van der Waals surface area contributed by atoms with Crippen molar-refractivity contribution in [2.75, 3.05) is 7.11 Å². The molecule has 0 bridgehead atoms. The van der Waals surface area contributed by atoms with E-state index in [2.05, 4.69) is 11.7 Å². The van der Waals surface area contributed by atoms with E-state index >= 15 is 0 Å². The second-order valence-electron chi connectivity index (χ2n) is 2.77. The summed E-state index contributed by atoms with van der Waals surface area (Å²) in [6.45, 7) is 7.51. The van der Waals surface area contributed by atoms with Gasteiger partial charge in [-0.3, -0.25) is 4.99 Å². The fourth-order valence-electron chi connectivity index (χ4n) is 1.21. The Bertz CT molecular complexity index is 305. The van der Waals surface area contributed by atoms with Gasteiger partial charge in [-0.2, -0.15) is 0 Å². The fraction of sp³-hybridized carbons (Fsp3) is 0.300. The average Bonchev–Trinajstić information content (AvgIpc) is 2.05. The molecule has 0 N–H and O–H groups in total. The smallest absolute Gasteiger partial charge is 0.123 e. The highest BCUT2D eigenvalue weighted by atomic mass is 16.5. The van der Waals surface area contributed by atoms with Gasteiger partial charge in [0.05, 0.1) is 12.8 Å². The van der Waals surface area contributed by atoms with Crippen LogP contribution in [0.5, 0.6) is 5.75 Å². The summed E-state index contributed by atoms with van der Waals surface area (Å²) < 4.78 is 5.15. The van der Waals surface area contributed by atoms with E-state index in [0.29, 0.717) is 0 Å². The van der Waals surface area contributed by atoms with Crippen molar-refractivity contribution >= 4 is 12.4 Å². The molecule has 0 aromatic heterocycles. The molecule has 1 aromatic rings. The van der Waals surface area contributed by atoms with Gasteiger partial charge in [-0.15, -0.1) is 0 Å². The summed E-state index contributed by atoms with van der Waals surface area (Å²) in [5, 5.41) is 0. The number of methoxy groups -OCH3 is 1. The second kappa shape index (κ2) is 3.39. The molecule has 2 heteroatoms. The van der Waals surface area contributed by atoms with Gasteiger partial charge in [-0.1, -0.05) is 6.07 Å². The number of hydrogen-bond donors (Lipinski definition) is 0. The molecule has 1 rings (SSSR count). The molecule has 0 aliphatic heterocycles. The van der Waals surface area contributed by atoms with E-state index in [1.54, 1.807) is 7.11 Å². The lowest BCUT2D eigenvalue weighted by atomic mass is 10.1. The Balaban J connectivity index is 3.26. The van der Waals surface area contributed by atoms with Gasteiger partial charge in [-0.25, -0.2) is 0 Å². The number of aliphatic imine (C=N–C) groups is 1. The van der Waals surface area contributed by atoms with Crippen molar-refractivity contribution in [2.24, 2.45) is 4.99 Å². The lowest BCUT2D eigenvalue weighted by Crippen LogP contribution is -1.87. The molecular formula is C10H13NO. The molecular weight excluding hydrogens is 150 g/mol. The van der Waals surface area contributed by atoms with E-state index < -0.39 is 0 Å². The quantitative estimate of drug-likeness (QED) is 0.614. The summed E-state index contributed by atoms with van der Waals surface area (Å²) >= 11 is 0. The Labute approximate surface area is 72.9 Å². The van der Waals surface area contributed by atoms with Crippen molar-refractivity contribution in [3.8, 4) is 5.75 Å². The lowest BCUT2D eigenvalue weighted by Gasteiger charge is -2.07. The Morgan fingerprint density at radius 2 is 1.92 bits per heavy atom. The van der Waals surface area contributed by atoms with Gasteiger partial charge in [0.25, 0.3) is 0 Å². The first-order valence-corrected chi connectivity index (χ1v) is 3.81. The zero-order valence-electron chi connectivity index (χ0n) is 7.72.